The first-order chi connectivity index (χ1) is 11.2. The predicted octanol–water partition coefficient (Wildman–Crippen LogP) is 4.85. The van der Waals surface area contributed by atoms with Crippen molar-refractivity contribution in [1.29, 1.82) is 0 Å². The Morgan fingerprint density at radius 1 is 1.22 bits per heavy atom. The molecular formula is C20H24FNO. The molecule has 1 fully saturated rings. The van der Waals surface area contributed by atoms with Crippen LogP contribution in [0.5, 0.6) is 0 Å². The first-order valence-electron chi connectivity index (χ1n) is 8.60. The fourth-order valence-corrected chi connectivity index (χ4v) is 3.44. The molecule has 0 spiro atoms. The molecule has 1 heterocycles. The van der Waals surface area contributed by atoms with Gasteiger partial charge in [0.05, 0.1) is 0 Å². The number of carbonyl (C=O) groups excluding carboxylic acids is 1. The molecule has 1 atom stereocenters. The van der Waals surface area contributed by atoms with Crippen molar-refractivity contribution in [2.24, 2.45) is 5.92 Å². The maximum Gasteiger partial charge on any atom is 0.253 e. The van der Waals surface area contributed by atoms with Crippen molar-refractivity contribution in [2.45, 2.75) is 38.5 Å². The number of piperidine rings is 1. The minimum atomic E-state index is -0.163. The molecule has 1 aromatic carbocycles. The highest BCUT2D eigenvalue weighted by Crippen LogP contribution is 2.28. The van der Waals surface area contributed by atoms with Crippen LogP contribution in [-0.2, 0) is 0 Å². The normalized spacial score (nSPS) is 22.1. The highest BCUT2D eigenvalue weighted by Gasteiger charge is 2.22. The standard InChI is InChI=1S/C20H24FNO/c1-2-15-11-13-22(14-12-15)20(23)18-5-3-16(4-6-18)17-7-9-19(21)10-8-17/h3-7,9-10,15,17H,2,8,11-14H2,1H3. The van der Waals surface area contributed by atoms with Gasteiger partial charge in [-0.1, -0.05) is 31.6 Å². The zero-order valence-corrected chi connectivity index (χ0v) is 13.7. The summed E-state index contributed by atoms with van der Waals surface area (Å²) in [5.74, 6) is 0.951. The number of halogens is 1. The first kappa shape index (κ1) is 16.0. The zero-order chi connectivity index (χ0) is 16.2. The second-order valence-corrected chi connectivity index (χ2v) is 6.56. The molecule has 122 valence electrons. The van der Waals surface area contributed by atoms with Gasteiger partial charge < -0.3 is 4.90 Å². The Kier molecular flexibility index (Phi) is 4.94. The first-order valence-corrected chi connectivity index (χ1v) is 8.60. The molecule has 3 rings (SSSR count). The van der Waals surface area contributed by atoms with E-state index in [1.165, 1.54) is 12.5 Å². The van der Waals surface area contributed by atoms with E-state index in [4.69, 9.17) is 0 Å². The molecule has 0 N–H and O–H groups in total. The third-order valence-electron chi connectivity index (χ3n) is 5.12. The monoisotopic (exact) mass is 313 g/mol. The van der Waals surface area contributed by atoms with Gasteiger partial charge in [0.1, 0.15) is 5.83 Å². The number of rotatable bonds is 3. The molecule has 1 amide bonds. The van der Waals surface area contributed by atoms with Crippen LogP contribution in [0.25, 0.3) is 0 Å². The Hall–Kier alpha value is -1.90. The Morgan fingerprint density at radius 2 is 1.91 bits per heavy atom. The van der Waals surface area contributed by atoms with Crippen molar-refractivity contribution >= 4 is 5.91 Å². The van der Waals surface area contributed by atoms with Gasteiger partial charge in [0.2, 0.25) is 0 Å². The molecule has 0 aromatic heterocycles. The fraction of sp³-hybridized carbons (Fsp3) is 0.450. The predicted molar refractivity (Wildman–Crippen MR) is 91.0 cm³/mol. The number of hydrogen-bond donors (Lipinski definition) is 0. The lowest BCUT2D eigenvalue weighted by Gasteiger charge is -2.31. The van der Waals surface area contributed by atoms with Crippen molar-refractivity contribution in [1.82, 2.24) is 4.90 Å². The SMILES string of the molecule is CCC1CCN(C(=O)c2ccc(C3C=CC(F)=CC3)cc2)CC1. The van der Waals surface area contributed by atoms with E-state index in [9.17, 15) is 9.18 Å². The van der Waals surface area contributed by atoms with E-state index in [2.05, 4.69) is 6.92 Å². The Bertz CT molecular complexity index is 609. The number of carbonyl (C=O) groups is 1. The Labute approximate surface area is 137 Å². The summed E-state index contributed by atoms with van der Waals surface area (Å²) >= 11 is 0. The van der Waals surface area contributed by atoms with Gasteiger partial charge in [-0.05, 0) is 55.0 Å². The largest absolute Gasteiger partial charge is 0.339 e. The molecule has 1 aliphatic carbocycles. The molecule has 0 saturated carbocycles. The van der Waals surface area contributed by atoms with Crippen LogP contribution in [-0.4, -0.2) is 23.9 Å². The maximum atomic E-state index is 13.0. The van der Waals surface area contributed by atoms with Gasteiger partial charge in [0.25, 0.3) is 5.91 Å². The Morgan fingerprint density at radius 3 is 2.48 bits per heavy atom. The molecule has 3 heteroatoms. The minimum absolute atomic E-state index is 0.135. The molecule has 2 aliphatic rings. The van der Waals surface area contributed by atoms with Gasteiger partial charge in [-0.3, -0.25) is 4.79 Å². The van der Waals surface area contributed by atoms with Crippen LogP contribution in [0.15, 0.2) is 48.3 Å². The van der Waals surface area contributed by atoms with Crippen LogP contribution in [0, 0.1) is 5.92 Å². The second-order valence-electron chi connectivity index (χ2n) is 6.56. The van der Waals surface area contributed by atoms with E-state index in [0.29, 0.717) is 6.42 Å². The second kappa shape index (κ2) is 7.12. The van der Waals surface area contributed by atoms with Gasteiger partial charge in [0, 0.05) is 24.6 Å². The molecule has 1 aliphatic heterocycles. The zero-order valence-electron chi connectivity index (χ0n) is 13.7. The Balaban J connectivity index is 1.63. The summed E-state index contributed by atoms with van der Waals surface area (Å²) in [6, 6.07) is 7.81. The highest BCUT2D eigenvalue weighted by atomic mass is 19.1. The van der Waals surface area contributed by atoms with Crippen LogP contribution in [0.2, 0.25) is 0 Å². The number of amides is 1. The lowest BCUT2D eigenvalue weighted by Crippen LogP contribution is -2.38. The van der Waals surface area contributed by atoms with Crippen molar-refractivity contribution < 1.29 is 9.18 Å². The molecule has 0 bridgehead atoms. The van der Waals surface area contributed by atoms with Crippen LogP contribution in [0.3, 0.4) is 0 Å². The van der Waals surface area contributed by atoms with E-state index < -0.39 is 0 Å². The number of hydrogen-bond acceptors (Lipinski definition) is 1. The highest BCUT2D eigenvalue weighted by molar-refractivity contribution is 5.94. The van der Waals surface area contributed by atoms with E-state index in [-0.39, 0.29) is 17.7 Å². The molecule has 1 unspecified atom stereocenters. The summed E-state index contributed by atoms with van der Waals surface area (Å²) in [7, 11) is 0. The minimum Gasteiger partial charge on any atom is -0.339 e. The fourth-order valence-electron chi connectivity index (χ4n) is 3.44. The summed E-state index contributed by atoms with van der Waals surface area (Å²) in [6.07, 6.45) is 9.14. The van der Waals surface area contributed by atoms with Gasteiger partial charge in [-0.25, -0.2) is 4.39 Å². The van der Waals surface area contributed by atoms with E-state index in [0.717, 1.165) is 43.0 Å². The van der Waals surface area contributed by atoms with Gasteiger partial charge in [0.15, 0.2) is 0 Å². The van der Waals surface area contributed by atoms with E-state index in [1.54, 1.807) is 6.08 Å². The number of allylic oxidation sites excluding steroid dienone is 4. The molecule has 1 aromatic rings. The summed E-state index contributed by atoms with van der Waals surface area (Å²) in [5, 5.41) is 0. The average molecular weight is 313 g/mol. The maximum absolute atomic E-state index is 13.0. The van der Waals surface area contributed by atoms with Crippen LogP contribution < -0.4 is 0 Å². The smallest absolute Gasteiger partial charge is 0.253 e. The lowest BCUT2D eigenvalue weighted by atomic mass is 9.91. The number of nitrogens with zero attached hydrogens (tertiary/aromatic N) is 1. The van der Waals surface area contributed by atoms with Gasteiger partial charge >= 0.3 is 0 Å². The van der Waals surface area contributed by atoms with Crippen molar-refractivity contribution in [3.8, 4) is 0 Å². The van der Waals surface area contributed by atoms with Crippen LogP contribution in [0.4, 0.5) is 4.39 Å². The molecule has 23 heavy (non-hydrogen) atoms. The molecule has 0 radical (unpaired) electrons. The number of benzene rings is 1. The molecule has 1 saturated heterocycles. The van der Waals surface area contributed by atoms with Crippen LogP contribution in [0.1, 0.15) is 54.4 Å². The van der Waals surface area contributed by atoms with Crippen molar-refractivity contribution in [3.05, 3.63) is 59.4 Å². The van der Waals surface area contributed by atoms with E-state index in [1.807, 2.05) is 35.2 Å². The van der Waals surface area contributed by atoms with Crippen molar-refractivity contribution in [2.75, 3.05) is 13.1 Å². The average Bonchev–Trinajstić information content (AvgIpc) is 2.62. The van der Waals surface area contributed by atoms with Gasteiger partial charge in [-0.15, -0.1) is 0 Å². The summed E-state index contributed by atoms with van der Waals surface area (Å²) in [6.45, 7) is 3.96. The third-order valence-corrected chi connectivity index (χ3v) is 5.12. The topological polar surface area (TPSA) is 20.3 Å². The van der Waals surface area contributed by atoms with Gasteiger partial charge in [-0.2, -0.15) is 0 Å². The van der Waals surface area contributed by atoms with E-state index >= 15 is 0 Å². The molecular weight excluding hydrogens is 289 g/mol. The summed E-state index contributed by atoms with van der Waals surface area (Å²) < 4.78 is 13.0. The van der Waals surface area contributed by atoms with Crippen LogP contribution >= 0.6 is 0 Å². The lowest BCUT2D eigenvalue weighted by molar-refractivity contribution is 0.0689. The van der Waals surface area contributed by atoms with Crippen molar-refractivity contribution in [3.63, 3.8) is 0 Å². The quantitative estimate of drug-likeness (QED) is 0.781. The third kappa shape index (κ3) is 3.72. The molecule has 2 nitrogen and oxygen atoms in total. The number of likely N-dealkylation sites (tertiary alicyclic amines) is 1. The summed E-state index contributed by atoms with van der Waals surface area (Å²) in [5.41, 5.74) is 1.89. The summed E-state index contributed by atoms with van der Waals surface area (Å²) in [4.78, 5) is 14.6.